The van der Waals surface area contributed by atoms with Gasteiger partial charge < -0.3 is 10.4 Å². The van der Waals surface area contributed by atoms with E-state index in [1.54, 1.807) is 4.68 Å². The number of hydrogen-bond acceptors (Lipinski definition) is 3. The zero-order valence-electron chi connectivity index (χ0n) is 13.4. The van der Waals surface area contributed by atoms with Crippen molar-refractivity contribution in [1.29, 1.82) is 0 Å². The first-order chi connectivity index (χ1) is 9.94. The number of carbonyl (C=O) groups is 1. The van der Waals surface area contributed by atoms with Crippen LogP contribution in [0, 0.1) is 19.8 Å². The standard InChI is InChI=1S/C16H27N3O2/c1-12-9-13(2)19(18-12)10-15(21)17-16(3,11-20)14-7-5-4-6-8-14/h9,14,20H,4-8,10-11H2,1-3H3,(H,17,21)/t16-/m1/s1. The Morgan fingerprint density at radius 3 is 2.62 bits per heavy atom. The van der Waals surface area contributed by atoms with Crippen LogP contribution < -0.4 is 5.32 Å². The number of aromatic nitrogens is 2. The molecule has 1 atom stereocenters. The number of nitrogens with zero attached hydrogens (tertiary/aromatic N) is 2. The van der Waals surface area contributed by atoms with Crippen molar-refractivity contribution in [2.75, 3.05) is 6.61 Å². The number of amides is 1. The molecule has 0 aliphatic heterocycles. The second-order valence-corrected chi connectivity index (χ2v) is 6.54. The number of hydrogen-bond donors (Lipinski definition) is 2. The lowest BCUT2D eigenvalue weighted by molar-refractivity contribution is -0.125. The summed E-state index contributed by atoms with van der Waals surface area (Å²) in [4.78, 5) is 12.3. The average molecular weight is 293 g/mol. The van der Waals surface area contributed by atoms with E-state index in [9.17, 15) is 9.90 Å². The maximum Gasteiger partial charge on any atom is 0.242 e. The lowest BCUT2D eigenvalue weighted by atomic mass is 9.76. The smallest absolute Gasteiger partial charge is 0.242 e. The Bertz CT molecular complexity index is 492. The van der Waals surface area contributed by atoms with Crippen LogP contribution in [0.25, 0.3) is 0 Å². The van der Waals surface area contributed by atoms with Gasteiger partial charge in [-0.25, -0.2) is 0 Å². The van der Waals surface area contributed by atoms with E-state index in [0.717, 1.165) is 24.2 Å². The summed E-state index contributed by atoms with van der Waals surface area (Å²) in [5.41, 5.74) is 1.37. The van der Waals surface area contributed by atoms with E-state index in [1.807, 2.05) is 26.8 Å². The molecule has 0 bridgehead atoms. The van der Waals surface area contributed by atoms with E-state index < -0.39 is 5.54 Å². The fourth-order valence-electron chi connectivity index (χ4n) is 3.34. The second-order valence-electron chi connectivity index (χ2n) is 6.54. The number of rotatable bonds is 5. The fourth-order valence-corrected chi connectivity index (χ4v) is 3.34. The van der Waals surface area contributed by atoms with Gasteiger partial charge in [-0.15, -0.1) is 0 Å². The van der Waals surface area contributed by atoms with Gasteiger partial charge in [-0.1, -0.05) is 19.3 Å². The van der Waals surface area contributed by atoms with Crippen molar-refractivity contribution in [3.63, 3.8) is 0 Å². The van der Waals surface area contributed by atoms with Gasteiger partial charge in [0.05, 0.1) is 17.8 Å². The molecule has 5 heteroatoms. The van der Waals surface area contributed by atoms with Crippen molar-refractivity contribution in [2.24, 2.45) is 5.92 Å². The van der Waals surface area contributed by atoms with Gasteiger partial charge in [0.2, 0.25) is 5.91 Å². The van der Waals surface area contributed by atoms with Crippen molar-refractivity contribution < 1.29 is 9.90 Å². The summed E-state index contributed by atoms with van der Waals surface area (Å²) in [7, 11) is 0. The third-order valence-electron chi connectivity index (χ3n) is 4.66. The summed E-state index contributed by atoms with van der Waals surface area (Å²) < 4.78 is 1.71. The first-order valence-electron chi connectivity index (χ1n) is 7.87. The van der Waals surface area contributed by atoms with Crippen LogP contribution in [0.3, 0.4) is 0 Å². The average Bonchev–Trinajstić information content (AvgIpc) is 2.77. The van der Waals surface area contributed by atoms with Crippen LogP contribution in [0.1, 0.15) is 50.4 Å². The predicted molar refractivity (Wildman–Crippen MR) is 81.9 cm³/mol. The van der Waals surface area contributed by atoms with Crippen molar-refractivity contribution in [3.05, 3.63) is 17.5 Å². The minimum Gasteiger partial charge on any atom is -0.394 e. The Balaban J connectivity index is 2.00. The van der Waals surface area contributed by atoms with Crippen LogP contribution in [0.4, 0.5) is 0 Å². The monoisotopic (exact) mass is 293 g/mol. The molecule has 118 valence electrons. The highest BCUT2D eigenvalue weighted by molar-refractivity contribution is 5.76. The van der Waals surface area contributed by atoms with Gasteiger partial charge >= 0.3 is 0 Å². The molecule has 1 heterocycles. The maximum atomic E-state index is 12.3. The third-order valence-corrected chi connectivity index (χ3v) is 4.66. The van der Waals surface area contributed by atoms with Gasteiger partial charge in [-0.05, 0) is 45.6 Å². The Kier molecular flexibility index (Phi) is 5.04. The lowest BCUT2D eigenvalue weighted by Gasteiger charge is -2.39. The summed E-state index contributed by atoms with van der Waals surface area (Å²) >= 11 is 0. The highest BCUT2D eigenvalue weighted by atomic mass is 16.3. The summed E-state index contributed by atoms with van der Waals surface area (Å²) in [6.07, 6.45) is 5.80. The molecule has 0 unspecified atom stereocenters. The Labute approximate surface area is 126 Å². The molecule has 1 saturated carbocycles. The molecule has 1 fully saturated rings. The SMILES string of the molecule is Cc1cc(C)n(CC(=O)N[C@](C)(CO)C2CCCCC2)n1. The maximum absolute atomic E-state index is 12.3. The highest BCUT2D eigenvalue weighted by Gasteiger charge is 2.35. The molecule has 5 nitrogen and oxygen atoms in total. The van der Waals surface area contributed by atoms with Crippen molar-refractivity contribution >= 4 is 5.91 Å². The summed E-state index contributed by atoms with van der Waals surface area (Å²) in [6, 6.07) is 1.96. The molecule has 0 radical (unpaired) electrons. The molecule has 1 amide bonds. The quantitative estimate of drug-likeness (QED) is 0.872. The minimum absolute atomic E-state index is 0.0134. The van der Waals surface area contributed by atoms with Crippen LogP contribution in [0.2, 0.25) is 0 Å². The minimum atomic E-state index is -0.520. The van der Waals surface area contributed by atoms with Crippen molar-refractivity contribution in [3.8, 4) is 0 Å². The van der Waals surface area contributed by atoms with E-state index in [2.05, 4.69) is 10.4 Å². The molecule has 2 N–H and O–H groups in total. The third kappa shape index (κ3) is 3.84. The topological polar surface area (TPSA) is 67.2 Å². The molecular formula is C16H27N3O2. The van der Waals surface area contributed by atoms with Crippen LogP contribution >= 0.6 is 0 Å². The number of carbonyl (C=O) groups excluding carboxylic acids is 1. The number of aryl methyl sites for hydroxylation is 2. The molecule has 0 aromatic carbocycles. The number of nitrogens with one attached hydrogen (secondary N) is 1. The van der Waals surface area contributed by atoms with Gasteiger partial charge in [0.15, 0.2) is 0 Å². The molecule has 1 aromatic heterocycles. The largest absolute Gasteiger partial charge is 0.394 e. The Hall–Kier alpha value is -1.36. The molecule has 0 spiro atoms. The molecule has 2 rings (SSSR count). The first kappa shape index (κ1) is 16.0. The van der Waals surface area contributed by atoms with Crippen LogP contribution in [-0.4, -0.2) is 32.9 Å². The molecule has 1 aromatic rings. The van der Waals surface area contributed by atoms with Crippen molar-refractivity contribution in [1.82, 2.24) is 15.1 Å². The highest BCUT2D eigenvalue weighted by Crippen LogP contribution is 2.32. The molecule has 1 aliphatic rings. The van der Waals surface area contributed by atoms with E-state index in [0.29, 0.717) is 5.92 Å². The fraction of sp³-hybridized carbons (Fsp3) is 0.750. The lowest BCUT2D eigenvalue weighted by Crippen LogP contribution is -2.55. The Morgan fingerprint density at radius 2 is 2.10 bits per heavy atom. The van der Waals surface area contributed by atoms with Crippen molar-refractivity contribution in [2.45, 2.75) is 65.0 Å². The van der Waals surface area contributed by atoms with E-state index in [1.165, 1.54) is 19.3 Å². The van der Waals surface area contributed by atoms with Gasteiger partial charge in [0.25, 0.3) is 0 Å². The normalized spacial score (nSPS) is 19.2. The summed E-state index contributed by atoms with van der Waals surface area (Å²) in [6.45, 7) is 6.02. The van der Waals surface area contributed by atoms with E-state index >= 15 is 0 Å². The van der Waals surface area contributed by atoms with Crippen LogP contribution in [0.5, 0.6) is 0 Å². The van der Waals surface area contributed by atoms with Crippen LogP contribution in [-0.2, 0) is 11.3 Å². The van der Waals surface area contributed by atoms with Gasteiger partial charge in [-0.3, -0.25) is 9.48 Å². The second kappa shape index (κ2) is 6.60. The Morgan fingerprint density at radius 1 is 1.43 bits per heavy atom. The summed E-state index contributed by atoms with van der Waals surface area (Å²) in [5.74, 6) is 0.281. The van der Waals surface area contributed by atoms with E-state index in [-0.39, 0.29) is 19.1 Å². The zero-order chi connectivity index (χ0) is 15.5. The van der Waals surface area contributed by atoms with Crippen LogP contribution in [0.15, 0.2) is 6.07 Å². The number of aliphatic hydroxyl groups is 1. The number of aliphatic hydroxyl groups excluding tert-OH is 1. The van der Waals surface area contributed by atoms with Gasteiger partial charge in [0, 0.05) is 5.69 Å². The summed E-state index contributed by atoms with van der Waals surface area (Å²) in [5, 5.41) is 17.1. The molecule has 1 aliphatic carbocycles. The molecular weight excluding hydrogens is 266 g/mol. The zero-order valence-corrected chi connectivity index (χ0v) is 13.4. The van der Waals surface area contributed by atoms with E-state index in [4.69, 9.17) is 0 Å². The first-order valence-corrected chi connectivity index (χ1v) is 7.87. The molecule has 21 heavy (non-hydrogen) atoms. The predicted octanol–water partition coefficient (Wildman–Crippen LogP) is 1.95. The van der Waals surface area contributed by atoms with Gasteiger partial charge in [0.1, 0.15) is 6.54 Å². The molecule has 0 saturated heterocycles. The van der Waals surface area contributed by atoms with Gasteiger partial charge in [-0.2, -0.15) is 5.10 Å².